The minimum absolute atomic E-state index is 0.0576. The minimum atomic E-state index is -0.681. The van der Waals surface area contributed by atoms with Gasteiger partial charge in [-0.05, 0) is 24.6 Å². The van der Waals surface area contributed by atoms with Crippen LogP contribution in [0.5, 0.6) is 11.5 Å². The molecule has 2 N–H and O–H groups in total. The summed E-state index contributed by atoms with van der Waals surface area (Å²) in [4.78, 5) is 23.1. The van der Waals surface area contributed by atoms with E-state index in [2.05, 4.69) is 5.32 Å². The summed E-state index contributed by atoms with van der Waals surface area (Å²) in [5.41, 5.74) is 0.687. The van der Waals surface area contributed by atoms with Crippen LogP contribution in [0.4, 0.5) is 0 Å². The molecule has 1 heterocycles. The van der Waals surface area contributed by atoms with E-state index >= 15 is 0 Å². The van der Waals surface area contributed by atoms with E-state index in [4.69, 9.17) is 9.47 Å². The van der Waals surface area contributed by atoms with E-state index in [1.165, 1.54) is 21.1 Å². The van der Waals surface area contributed by atoms with Crippen LogP contribution in [0.15, 0.2) is 29.5 Å². The maximum atomic E-state index is 11.6. The normalized spacial score (nSPS) is 17.9. The van der Waals surface area contributed by atoms with E-state index in [1.54, 1.807) is 18.2 Å². The molecular weight excluding hydrogens is 262 g/mol. The van der Waals surface area contributed by atoms with Gasteiger partial charge in [0, 0.05) is 0 Å². The molecule has 6 nitrogen and oxygen atoms in total. The molecule has 106 valence electrons. The van der Waals surface area contributed by atoms with Crippen LogP contribution in [-0.2, 0) is 9.59 Å². The third-order valence-electron chi connectivity index (χ3n) is 3.15. The van der Waals surface area contributed by atoms with Gasteiger partial charge in [-0.1, -0.05) is 6.07 Å². The lowest BCUT2D eigenvalue weighted by Gasteiger charge is -2.16. The fraction of sp³-hybridized carbons (Fsp3) is 0.286. The van der Waals surface area contributed by atoms with Gasteiger partial charge in [0.1, 0.15) is 0 Å². The number of aliphatic hydroxyl groups is 1. The maximum Gasteiger partial charge on any atom is 0.287 e. The summed E-state index contributed by atoms with van der Waals surface area (Å²) in [7, 11) is 3.01. The molecule has 1 atom stereocenters. The molecule has 0 unspecified atom stereocenters. The second-order valence-corrected chi connectivity index (χ2v) is 4.34. The van der Waals surface area contributed by atoms with E-state index in [9.17, 15) is 14.7 Å². The lowest BCUT2D eigenvalue weighted by Crippen LogP contribution is -2.23. The topological polar surface area (TPSA) is 84.9 Å². The summed E-state index contributed by atoms with van der Waals surface area (Å²) in [5.74, 6) is -0.528. The number of benzene rings is 1. The van der Waals surface area contributed by atoms with Crippen molar-refractivity contribution < 1.29 is 24.2 Å². The maximum absolute atomic E-state index is 11.6. The fourth-order valence-electron chi connectivity index (χ4n) is 2.18. The Bertz CT molecular complexity index is 606. The Kier molecular flexibility index (Phi) is 3.65. The summed E-state index contributed by atoms with van der Waals surface area (Å²) < 4.78 is 10.3. The molecule has 0 bridgehead atoms. The monoisotopic (exact) mass is 277 g/mol. The first-order valence-corrected chi connectivity index (χ1v) is 5.96. The number of nitrogens with one attached hydrogen (secondary N) is 1. The highest BCUT2D eigenvalue weighted by Crippen LogP contribution is 2.35. The Hall–Kier alpha value is -2.50. The minimum Gasteiger partial charge on any atom is -0.503 e. The van der Waals surface area contributed by atoms with Crippen LogP contribution < -0.4 is 14.8 Å². The smallest absolute Gasteiger partial charge is 0.287 e. The molecule has 20 heavy (non-hydrogen) atoms. The molecule has 0 aliphatic carbocycles. The average Bonchev–Trinajstić information content (AvgIpc) is 2.74. The predicted molar refractivity (Wildman–Crippen MR) is 70.8 cm³/mol. The largest absolute Gasteiger partial charge is 0.503 e. The number of hydrogen-bond donors (Lipinski definition) is 2. The number of carbonyl (C=O) groups is 2. The highest BCUT2D eigenvalue weighted by Gasteiger charge is 2.35. The van der Waals surface area contributed by atoms with Gasteiger partial charge in [0.15, 0.2) is 23.0 Å². The Labute approximate surface area is 116 Å². The predicted octanol–water partition coefficient (Wildman–Crippen LogP) is 1.28. The zero-order chi connectivity index (χ0) is 14.9. The Morgan fingerprint density at radius 3 is 2.45 bits per heavy atom. The number of Topliss-reactive ketones (excluding diaryl/α,β-unsaturated/α-hetero) is 1. The van der Waals surface area contributed by atoms with Crippen LogP contribution in [-0.4, -0.2) is 31.0 Å². The van der Waals surface area contributed by atoms with Crippen molar-refractivity contribution in [1.82, 2.24) is 5.32 Å². The summed E-state index contributed by atoms with van der Waals surface area (Å²) >= 11 is 0. The third kappa shape index (κ3) is 2.20. The molecule has 6 heteroatoms. The first-order valence-electron chi connectivity index (χ1n) is 5.96. The summed E-state index contributed by atoms with van der Waals surface area (Å²) in [6.07, 6.45) is 0. The molecule has 0 saturated carbocycles. The standard InChI is InChI=1S/C14H15NO5/c1-7(16)11-12(15-14(18)13(11)17)8-4-5-9(19-2)10(6-8)20-3/h4-6,12,17H,1-3H3,(H,15,18)/t12-/m0/s1. The van der Waals surface area contributed by atoms with Crippen molar-refractivity contribution in [1.29, 1.82) is 0 Å². The number of aliphatic hydroxyl groups excluding tert-OH is 1. The lowest BCUT2D eigenvalue weighted by molar-refractivity contribution is -0.119. The van der Waals surface area contributed by atoms with Gasteiger partial charge in [0.2, 0.25) is 0 Å². The van der Waals surface area contributed by atoms with E-state index in [0.29, 0.717) is 17.1 Å². The molecule has 2 rings (SSSR count). The third-order valence-corrected chi connectivity index (χ3v) is 3.15. The molecule has 0 spiro atoms. The first kappa shape index (κ1) is 13.9. The second-order valence-electron chi connectivity index (χ2n) is 4.34. The van der Waals surface area contributed by atoms with Gasteiger partial charge in [-0.3, -0.25) is 9.59 Å². The van der Waals surface area contributed by atoms with E-state index in [0.717, 1.165) is 0 Å². The van der Waals surface area contributed by atoms with Crippen molar-refractivity contribution in [3.05, 3.63) is 35.1 Å². The number of ether oxygens (including phenoxy) is 2. The SMILES string of the molecule is COc1ccc([C@@H]2NC(=O)C(O)=C2C(C)=O)cc1OC. The second kappa shape index (κ2) is 5.24. The number of rotatable bonds is 4. The number of hydrogen-bond acceptors (Lipinski definition) is 5. The van der Waals surface area contributed by atoms with Crippen LogP contribution in [0.3, 0.4) is 0 Å². The van der Waals surface area contributed by atoms with Crippen molar-refractivity contribution in [3.8, 4) is 11.5 Å². The number of methoxy groups -OCH3 is 2. The van der Waals surface area contributed by atoms with Crippen molar-refractivity contribution in [2.24, 2.45) is 0 Å². The number of carbonyl (C=O) groups excluding carboxylic acids is 2. The van der Waals surface area contributed by atoms with Crippen molar-refractivity contribution in [2.75, 3.05) is 14.2 Å². The molecule has 0 aromatic heterocycles. The van der Waals surface area contributed by atoms with Gasteiger partial charge in [-0.2, -0.15) is 0 Å². The van der Waals surface area contributed by atoms with Crippen molar-refractivity contribution in [3.63, 3.8) is 0 Å². The van der Waals surface area contributed by atoms with Crippen molar-refractivity contribution >= 4 is 11.7 Å². The zero-order valence-corrected chi connectivity index (χ0v) is 11.4. The Morgan fingerprint density at radius 1 is 1.25 bits per heavy atom. The zero-order valence-electron chi connectivity index (χ0n) is 11.4. The summed E-state index contributed by atoms with van der Waals surface area (Å²) in [5, 5.41) is 12.2. The fourth-order valence-corrected chi connectivity index (χ4v) is 2.18. The molecule has 1 aliphatic rings. The summed E-state index contributed by atoms with van der Waals surface area (Å²) in [6.45, 7) is 1.31. The van der Waals surface area contributed by atoms with Crippen LogP contribution in [0.1, 0.15) is 18.5 Å². The first-order chi connectivity index (χ1) is 9.49. The molecule has 1 amide bonds. The lowest BCUT2D eigenvalue weighted by atomic mass is 9.97. The van der Waals surface area contributed by atoms with Crippen LogP contribution in [0.25, 0.3) is 0 Å². The van der Waals surface area contributed by atoms with Gasteiger partial charge in [-0.25, -0.2) is 0 Å². The quantitative estimate of drug-likeness (QED) is 0.866. The molecule has 1 aliphatic heterocycles. The van der Waals surface area contributed by atoms with Gasteiger partial charge in [0.05, 0.1) is 25.8 Å². The van der Waals surface area contributed by atoms with Crippen LogP contribution in [0.2, 0.25) is 0 Å². The molecule has 1 aromatic carbocycles. The van der Waals surface area contributed by atoms with Crippen LogP contribution >= 0.6 is 0 Å². The van der Waals surface area contributed by atoms with Gasteiger partial charge in [-0.15, -0.1) is 0 Å². The molecule has 0 saturated heterocycles. The summed E-state index contributed by atoms with van der Waals surface area (Å²) in [6, 6.07) is 4.35. The Balaban J connectivity index is 2.47. The van der Waals surface area contributed by atoms with E-state index < -0.39 is 17.7 Å². The molecule has 0 radical (unpaired) electrons. The van der Waals surface area contributed by atoms with Crippen molar-refractivity contribution in [2.45, 2.75) is 13.0 Å². The van der Waals surface area contributed by atoms with E-state index in [-0.39, 0.29) is 11.4 Å². The molecule has 1 aromatic rings. The van der Waals surface area contributed by atoms with Gasteiger partial charge in [0.25, 0.3) is 5.91 Å². The molecule has 0 fully saturated rings. The average molecular weight is 277 g/mol. The highest BCUT2D eigenvalue weighted by molar-refractivity contribution is 6.08. The highest BCUT2D eigenvalue weighted by atomic mass is 16.5. The van der Waals surface area contributed by atoms with Crippen LogP contribution in [0, 0.1) is 0 Å². The number of amides is 1. The van der Waals surface area contributed by atoms with Gasteiger partial charge < -0.3 is 19.9 Å². The Morgan fingerprint density at radius 2 is 1.90 bits per heavy atom. The van der Waals surface area contributed by atoms with Gasteiger partial charge >= 0.3 is 0 Å². The molecular formula is C14H15NO5. The van der Waals surface area contributed by atoms with E-state index in [1.807, 2.05) is 0 Å². The number of ketones is 1.